The molecule has 0 spiro atoms. The van der Waals surface area contributed by atoms with E-state index >= 15 is 0 Å². The number of carboxylic acids is 1. The fourth-order valence-corrected chi connectivity index (χ4v) is 2.52. The zero-order valence-corrected chi connectivity index (χ0v) is 12.3. The number of thioether (sulfide) groups is 1. The highest BCUT2D eigenvalue weighted by Crippen LogP contribution is 2.22. The molecule has 0 saturated heterocycles. The number of rotatable bonds is 7. The van der Waals surface area contributed by atoms with Gasteiger partial charge in [-0.1, -0.05) is 12.1 Å². The maximum atomic E-state index is 12.8. The van der Waals surface area contributed by atoms with Crippen LogP contribution in [0.1, 0.15) is 25.1 Å². The lowest BCUT2D eigenvalue weighted by molar-refractivity contribution is -0.137. The summed E-state index contributed by atoms with van der Waals surface area (Å²) in [7, 11) is 0. The SMILES string of the molecule is CC(CC(=O)O)Cc1nc(CSc2ccc(F)cc2)no1. The number of benzene rings is 1. The molecule has 112 valence electrons. The average Bonchev–Trinajstić information content (AvgIpc) is 2.84. The maximum absolute atomic E-state index is 12.8. The van der Waals surface area contributed by atoms with Gasteiger partial charge in [0.25, 0.3) is 0 Å². The van der Waals surface area contributed by atoms with Gasteiger partial charge in [-0.2, -0.15) is 4.98 Å². The second-order valence-corrected chi connectivity index (χ2v) is 5.80. The Kier molecular flexibility index (Phi) is 5.32. The summed E-state index contributed by atoms with van der Waals surface area (Å²) in [6, 6.07) is 6.18. The summed E-state index contributed by atoms with van der Waals surface area (Å²) < 4.78 is 17.9. The fraction of sp³-hybridized carbons (Fsp3) is 0.357. The Bertz CT molecular complexity index is 601. The Morgan fingerprint density at radius 1 is 1.43 bits per heavy atom. The molecule has 21 heavy (non-hydrogen) atoms. The molecule has 0 bridgehead atoms. The predicted octanol–water partition coefficient (Wildman–Crippen LogP) is 3.15. The van der Waals surface area contributed by atoms with E-state index in [2.05, 4.69) is 10.1 Å². The molecule has 1 heterocycles. The van der Waals surface area contributed by atoms with Crippen LogP contribution in [0.5, 0.6) is 0 Å². The van der Waals surface area contributed by atoms with Crippen molar-refractivity contribution >= 4 is 17.7 Å². The second kappa shape index (κ2) is 7.21. The summed E-state index contributed by atoms with van der Waals surface area (Å²) in [5.74, 6) is 0.339. The number of carbonyl (C=O) groups is 1. The summed E-state index contributed by atoms with van der Waals surface area (Å²) in [5.41, 5.74) is 0. The highest BCUT2D eigenvalue weighted by atomic mass is 32.2. The van der Waals surface area contributed by atoms with Gasteiger partial charge in [0.2, 0.25) is 5.89 Å². The van der Waals surface area contributed by atoms with Gasteiger partial charge in [0.15, 0.2) is 5.82 Å². The Morgan fingerprint density at radius 2 is 2.14 bits per heavy atom. The molecule has 0 amide bonds. The summed E-state index contributed by atoms with van der Waals surface area (Å²) >= 11 is 1.48. The van der Waals surface area contributed by atoms with Crippen LogP contribution in [-0.2, 0) is 17.0 Å². The molecule has 1 N–H and O–H groups in total. The molecule has 0 aliphatic carbocycles. The van der Waals surface area contributed by atoms with Crippen LogP contribution in [0.15, 0.2) is 33.7 Å². The zero-order valence-electron chi connectivity index (χ0n) is 11.5. The van der Waals surface area contributed by atoms with Crippen molar-refractivity contribution in [2.45, 2.75) is 30.4 Å². The van der Waals surface area contributed by atoms with Gasteiger partial charge in [-0.05, 0) is 30.2 Å². The number of aromatic nitrogens is 2. The number of halogens is 1. The molecule has 1 aromatic carbocycles. The van der Waals surface area contributed by atoms with Gasteiger partial charge in [0.05, 0.1) is 5.75 Å². The van der Waals surface area contributed by atoms with Crippen LogP contribution in [0, 0.1) is 11.7 Å². The number of aliphatic carboxylic acids is 1. The van der Waals surface area contributed by atoms with E-state index in [0.29, 0.717) is 23.9 Å². The summed E-state index contributed by atoms with van der Waals surface area (Å²) in [5, 5.41) is 12.6. The maximum Gasteiger partial charge on any atom is 0.303 e. The van der Waals surface area contributed by atoms with Crippen molar-refractivity contribution in [2.24, 2.45) is 5.92 Å². The largest absolute Gasteiger partial charge is 0.481 e. The van der Waals surface area contributed by atoms with Crippen LogP contribution in [0.4, 0.5) is 4.39 Å². The molecular weight excluding hydrogens is 295 g/mol. The molecule has 1 atom stereocenters. The van der Waals surface area contributed by atoms with E-state index in [1.54, 1.807) is 12.1 Å². The highest BCUT2D eigenvalue weighted by Gasteiger charge is 2.13. The lowest BCUT2D eigenvalue weighted by Crippen LogP contribution is -2.07. The normalized spacial score (nSPS) is 12.3. The Balaban J connectivity index is 1.85. The van der Waals surface area contributed by atoms with Crippen LogP contribution in [0.25, 0.3) is 0 Å². The number of hydrogen-bond acceptors (Lipinski definition) is 5. The zero-order chi connectivity index (χ0) is 15.2. The van der Waals surface area contributed by atoms with Gasteiger partial charge in [-0.15, -0.1) is 11.8 Å². The molecule has 0 radical (unpaired) electrons. The lowest BCUT2D eigenvalue weighted by atomic mass is 10.0. The van der Waals surface area contributed by atoms with Gasteiger partial charge in [-0.25, -0.2) is 4.39 Å². The van der Waals surface area contributed by atoms with Crippen LogP contribution >= 0.6 is 11.8 Å². The number of nitrogens with zero attached hydrogens (tertiary/aromatic N) is 2. The van der Waals surface area contributed by atoms with E-state index in [4.69, 9.17) is 9.63 Å². The van der Waals surface area contributed by atoms with Crippen molar-refractivity contribution < 1.29 is 18.8 Å². The molecular formula is C14H15FN2O3S. The smallest absolute Gasteiger partial charge is 0.303 e. The minimum atomic E-state index is -0.839. The van der Waals surface area contributed by atoms with Crippen LogP contribution < -0.4 is 0 Å². The summed E-state index contributed by atoms with van der Waals surface area (Å²) in [6.45, 7) is 1.82. The Morgan fingerprint density at radius 3 is 2.81 bits per heavy atom. The van der Waals surface area contributed by atoms with E-state index in [1.807, 2.05) is 6.92 Å². The van der Waals surface area contributed by atoms with Crippen molar-refractivity contribution in [2.75, 3.05) is 0 Å². The first-order chi connectivity index (χ1) is 10.0. The molecule has 0 aliphatic rings. The van der Waals surface area contributed by atoms with Crippen LogP contribution in [-0.4, -0.2) is 21.2 Å². The van der Waals surface area contributed by atoms with Crippen molar-refractivity contribution in [3.8, 4) is 0 Å². The van der Waals surface area contributed by atoms with E-state index in [-0.39, 0.29) is 18.2 Å². The molecule has 2 rings (SSSR count). The fourth-order valence-electron chi connectivity index (χ4n) is 1.78. The second-order valence-electron chi connectivity index (χ2n) is 4.75. The third-order valence-corrected chi connectivity index (χ3v) is 3.75. The van der Waals surface area contributed by atoms with Gasteiger partial charge in [-0.3, -0.25) is 4.79 Å². The molecule has 0 saturated carbocycles. The molecule has 5 nitrogen and oxygen atoms in total. The summed E-state index contributed by atoms with van der Waals surface area (Å²) in [4.78, 5) is 15.7. The number of hydrogen-bond donors (Lipinski definition) is 1. The monoisotopic (exact) mass is 310 g/mol. The summed E-state index contributed by atoms with van der Waals surface area (Å²) in [6.07, 6.45) is 0.516. The van der Waals surface area contributed by atoms with Crippen molar-refractivity contribution in [3.05, 3.63) is 41.8 Å². The third kappa shape index (κ3) is 5.18. The molecule has 1 unspecified atom stereocenters. The minimum absolute atomic E-state index is 0.0550. The topological polar surface area (TPSA) is 76.2 Å². The Hall–Kier alpha value is -1.89. The van der Waals surface area contributed by atoms with E-state index < -0.39 is 5.97 Å². The lowest BCUT2D eigenvalue weighted by Gasteiger charge is -2.03. The highest BCUT2D eigenvalue weighted by molar-refractivity contribution is 7.98. The van der Waals surface area contributed by atoms with Gasteiger partial charge in [0, 0.05) is 17.7 Å². The Labute approximate surface area is 125 Å². The van der Waals surface area contributed by atoms with Crippen LogP contribution in [0.2, 0.25) is 0 Å². The van der Waals surface area contributed by atoms with Crippen molar-refractivity contribution in [3.63, 3.8) is 0 Å². The van der Waals surface area contributed by atoms with E-state index in [0.717, 1.165) is 4.90 Å². The van der Waals surface area contributed by atoms with Crippen LogP contribution in [0.3, 0.4) is 0 Å². The van der Waals surface area contributed by atoms with E-state index in [9.17, 15) is 9.18 Å². The van der Waals surface area contributed by atoms with Gasteiger partial charge < -0.3 is 9.63 Å². The van der Waals surface area contributed by atoms with Gasteiger partial charge in [0.1, 0.15) is 5.82 Å². The number of carboxylic acid groups (broad SMARTS) is 1. The first kappa shape index (κ1) is 15.5. The third-order valence-electron chi connectivity index (χ3n) is 2.74. The first-order valence-corrected chi connectivity index (χ1v) is 7.43. The predicted molar refractivity (Wildman–Crippen MR) is 75.4 cm³/mol. The standard InChI is InChI=1S/C14H15FN2O3S/c1-9(7-14(18)19)6-13-16-12(17-20-13)8-21-11-4-2-10(15)3-5-11/h2-5,9H,6-8H2,1H3,(H,18,19). The molecule has 1 aromatic heterocycles. The molecule has 0 fully saturated rings. The average molecular weight is 310 g/mol. The molecule has 2 aromatic rings. The van der Waals surface area contributed by atoms with Crippen molar-refractivity contribution in [1.29, 1.82) is 0 Å². The minimum Gasteiger partial charge on any atom is -0.481 e. The molecule has 7 heteroatoms. The van der Waals surface area contributed by atoms with E-state index in [1.165, 1.54) is 23.9 Å². The van der Waals surface area contributed by atoms with Crippen molar-refractivity contribution in [1.82, 2.24) is 10.1 Å². The van der Waals surface area contributed by atoms with Gasteiger partial charge >= 0.3 is 5.97 Å². The molecule has 0 aliphatic heterocycles. The quantitative estimate of drug-likeness (QED) is 0.792. The first-order valence-electron chi connectivity index (χ1n) is 6.44.